The topological polar surface area (TPSA) is 109 Å². The third-order valence-electron chi connectivity index (χ3n) is 7.15. The average molecular weight is 630 g/mol. The molecule has 0 bridgehead atoms. The number of benzene rings is 2. The van der Waals surface area contributed by atoms with Crippen LogP contribution in [0.5, 0.6) is 11.5 Å². The summed E-state index contributed by atoms with van der Waals surface area (Å²) in [6, 6.07) is 9.23. The lowest BCUT2D eigenvalue weighted by atomic mass is 10.1. The van der Waals surface area contributed by atoms with Gasteiger partial charge in [-0.1, -0.05) is 42.3 Å². The molecule has 0 atom stereocenters. The van der Waals surface area contributed by atoms with Crippen molar-refractivity contribution in [3.05, 3.63) is 63.2 Å². The second kappa shape index (κ2) is 13.1. The van der Waals surface area contributed by atoms with Crippen LogP contribution in [0, 0.1) is 0 Å². The van der Waals surface area contributed by atoms with Gasteiger partial charge >= 0.3 is 0 Å². The largest absolute Gasteiger partial charge is 0.495 e. The van der Waals surface area contributed by atoms with Crippen molar-refractivity contribution in [2.75, 3.05) is 57.6 Å². The van der Waals surface area contributed by atoms with Gasteiger partial charge < -0.3 is 29.9 Å². The average Bonchev–Trinajstić information content (AvgIpc) is 3.46. The molecule has 1 fully saturated rings. The zero-order chi connectivity index (χ0) is 29.8. The minimum atomic E-state index is -0.449. The van der Waals surface area contributed by atoms with Gasteiger partial charge in [0.1, 0.15) is 27.9 Å². The molecule has 13 heteroatoms. The normalized spacial score (nSPS) is 13.7. The molecule has 0 spiro atoms. The molecular formula is C29H30Cl2N6O4S. The van der Waals surface area contributed by atoms with Gasteiger partial charge in [0.2, 0.25) is 5.91 Å². The Balaban J connectivity index is 1.29. The summed E-state index contributed by atoms with van der Waals surface area (Å²) in [5.41, 5.74) is 2.72. The number of aromatic nitrogens is 2. The van der Waals surface area contributed by atoms with Crippen molar-refractivity contribution >= 4 is 73.8 Å². The van der Waals surface area contributed by atoms with Gasteiger partial charge in [0, 0.05) is 43.3 Å². The van der Waals surface area contributed by atoms with E-state index in [0.717, 1.165) is 44.0 Å². The second-order valence-corrected chi connectivity index (χ2v) is 11.2. The maximum atomic E-state index is 13.3. The third kappa shape index (κ3) is 6.24. The summed E-state index contributed by atoms with van der Waals surface area (Å²) in [5, 5.41) is 8.08. The Kier molecular flexibility index (Phi) is 9.32. The Bertz CT molecular complexity index is 1580. The van der Waals surface area contributed by atoms with Crippen LogP contribution in [0.25, 0.3) is 10.2 Å². The van der Waals surface area contributed by atoms with E-state index in [1.165, 1.54) is 31.9 Å². The quantitative estimate of drug-likeness (QED) is 0.242. The van der Waals surface area contributed by atoms with Crippen LogP contribution in [0.4, 0.5) is 17.2 Å². The molecule has 0 radical (unpaired) electrons. The summed E-state index contributed by atoms with van der Waals surface area (Å²) in [7, 11) is 2.92. The lowest BCUT2D eigenvalue weighted by molar-refractivity contribution is -0.132. The predicted octanol–water partition coefficient (Wildman–Crippen LogP) is 5.72. The highest BCUT2D eigenvalue weighted by molar-refractivity contribution is 7.18. The van der Waals surface area contributed by atoms with Crippen LogP contribution in [-0.2, 0) is 11.2 Å². The number of hydrogen-bond acceptors (Lipinski definition) is 9. The molecule has 220 valence electrons. The van der Waals surface area contributed by atoms with Gasteiger partial charge in [-0.15, -0.1) is 11.3 Å². The van der Waals surface area contributed by atoms with Crippen LogP contribution in [0.15, 0.2) is 42.0 Å². The summed E-state index contributed by atoms with van der Waals surface area (Å²) in [6.07, 6.45) is 1.76. The number of halogens is 2. The van der Waals surface area contributed by atoms with Crippen molar-refractivity contribution in [1.82, 2.24) is 19.8 Å². The third-order valence-corrected chi connectivity index (χ3v) is 8.88. The summed E-state index contributed by atoms with van der Waals surface area (Å²) < 4.78 is 11.3. The van der Waals surface area contributed by atoms with Crippen LogP contribution in [0.1, 0.15) is 22.8 Å². The first-order valence-corrected chi connectivity index (χ1v) is 15.0. The molecule has 1 aliphatic heterocycles. The summed E-state index contributed by atoms with van der Waals surface area (Å²) in [6.45, 7) is 6.53. The minimum Gasteiger partial charge on any atom is -0.495 e. The minimum absolute atomic E-state index is 0.142. The summed E-state index contributed by atoms with van der Waals surface area (Å²) >= 11 is 14.2. The van der Waals surface area contributed by atoms with Gasteiger partial charge in [0.05, 0.1) is 42.1 Å². The smallest absolute Gasteiger partial charge is 0.258 e. The number of hydrogen-bond donors (Lipinski definition) is 2. The predicted molar refractivity (Wildman–Crippen MR) is 167 cm³/mol. The lowest BCUT2D eigenvalue weighted by Crippen LogP contribution is -2.48. The number of methoxy groups -OCH3 is 2. The first kappa shape index (κ1) is 29.8. The van der Waals surface area contributed by atoms with Crippen LogP contribution in [0.3, 0.4) is 0 Å². The van der Waals surface area contributed by atoms with E-state index in [4.69, 9.17) is 32.7 Å². The number of carbonyl (C=O) groups excluding carboxylic acids is 2. The molecule has 4 aromatic rings. The number of nitrogens with one attached hydrogen (secondary N) is 2. The first-order chi connectivity index (χ1) is 20.3. The van der Waals surface area contributed by atoms with E-state index in [1.54, 1.807) is 11.4 Å². The van der Waals surface area contributed by atoms with Crippen molar-refractivity contribution < 1.29 is 19.1 Å². The number of piperazine rings is 1. The molecule has 2 aromatic heterocycles. The Morgan fingerprint density at radius 2 is 1.67 bits per heavy atom. The fourth-order valence-corrected chi connectivity index (χ4v) is 6.26. The van der Waals surface area contributed by atoms with Gasteiger partial charge in [-0.05, 0) is 24.2 Å². The molecule has 1 saturated heterocycles. The van der Waals surface area contributed by atoms with Crippen molar-refractivity contribution in [1.29, 1.82) is 0 Å². The van der Waals surface area contributed by atoms with Gasteiger partial charge in [0.15, 0.2) is 5.82 Å². The van der Waals surface area contributed by atoms with Crippen LogP contribution >= 0.6 is 34.5 Å². The van der Waals surface area contributed by atoms with E-state index in [-0.39, 0.29) is 21.6 Å². The van der Waals surface area contributed by atoms with E-state index in [2.05, 4.69) is 32.4 Å². The lowest BCUT2D eigenvalue weighted by Gasteiger charge is -2.34. The zero-order valence-corrected chi connectivity index (χ0v) is 25.7. The van der Waals surface area contributed by atoms with Gasteiger partial charge in [-0.3, -0.25) is 9.59 Å². The highest BCUT2D eigenvalue weighted by Gasteiger charge is 2.23. The SMILES string of the molecule is CCN1CCN(C(=O)Cc2ccc(Nc3ncnc4c(C(=O)Nc5c(Cl)c(OC)cc(OC)c5Cl)csc34)cc2)CC1. The van der Waals surface area contributed by atoms with Gasteiger partial charge in [-0.2, -0.15) is 0 Å². The molecule has 2 amide bonds. The molecule has 2 N–H and O–H groups in total. The fraction of sp³-hybridized carbons (Fsp3) is 0.310. The summed E-state index contributed by atoms with van der Waals surface area (Å²) in [5.74, 6) is 0.865. The molecule has 42 heavy (non-hydrogen) atoms. The monoisotopic (exact) mass is 628 g/mol. The van der Waals surface area contributed by atoms with E-state index in [9.17, 15) is 9.59 Å². The van der Waals surface area contributed by atoms with Crippen LogP contribution in [-0.4, -0.2) is 78.5 Å². The number of nitrogens with zero attached hydrogens (tertiary/aromatic N) is 4. The van der Waals surface area contributed by atoms with Crippen LogP contribution in [0.2, 0.25) is 10.0 Å². The molecule has 0 saturated carbocycles. The molecule has 0 aliphatic carbocycles. The molecule has 3 heterocycles. The Labute approximate surface area is 257 Å². The Morgan fingerprint density at radius 1 is 1.00 bits per heavy atom. The summed E-state index contributed by atoms with van der Waals surface area (Å²) in [4.78, 5) is 39.1. The number of ether oxygens (including phenoxy) is 2. The van der Waals surface area contributed by atoms with Crippen molar-refractivity contribution in [3.8, 4) is 11.5 Å². The molecule has 1 aliphatic rings. The molecule has 10 nitrogen and oxygen atoms in total. The highest BCUT2D eigenvalue weighted by Crippen LogP contribution is 2.44. The van der Waals surface area contributed by atoms with Gasteiger partial charge in [0.25, 0.3) is 5.91 Å². The molecule has 5 rings (SSSR count). The van der Waals surface area contributed by atoms with E-state index >= 15 is 0 Å². The zero-order valence-electron chi connectivity index (χ0n) is 23.4. The molecule has 2 aromatic carbocycles. The van der Waals surface area contributed by atoms with E-state index in [0.29, 0.717) is 39.5 Å². The fourth-order valence-electron chi connectivity index (χ4n) is 4.72. The number of amides is 2. The number of rotatable bonds is 9. The number of anilines is 3. The Morgan fingerprint density at radius 3 is 2.29 bits per heavy atom. The van der Waals surface area contributed by atoms with Crippen molar-refractivity contribution in [2.24, 2.45) is 0 Å². The van der Waals surface area contributed by atoms with Gasteiger partial charge in [-0.25, -0.2) is 9.97 Å². The van der Waals surface area contributed by atoms with E-state index < -0.39 is 5.91 Å². The molecule has 0 unspecified atom stereocenters. The number of thiophene rings is 1. The Hall–Kier alpha value is -3.64. The molecular weight excluding hydrogens is 599 g/mol. The van der Waals surface area contributed by atoms with Crippen molar-refractivity contribution in [2.45, 2.75) is 13.3 Å². The highest BCUT2D eigenvalue weighted by atomic mass is 35.5. The number of fused-ring (bicyclic) bond motifs is 1. The second-order valence-electron chi connectivity index (χ2n) is 9.60. The maximum Gasteiger partial charge on any atom is 0.258 e. The van der Waals surface area contributed by atoms with E-state index in [1.807, 2.05) is 29.2 Å². The standard InChI is InChI=1S/C29H30Cl2N6O4S/c1-4-36-9-11-37(12-10-36)22(38)13-17-5-7-18(8-6-17)34-28-27-25(32-16-33-28)19(15-42-27)29(39)35-26-23(30)20(40-2)14-21(41-3)24(26)31/h5-8,14-16H,4,9-13H2,1-3H3,(H,35,39)(H,32,33,34). The maximum absolute atomic E-state index is 13.3. The van der Waals surface area contributed by atoms with Crippen molar-refractivity contribution in [3.63, 3.8) is 0 Å². The van der Waals surface area contributed by atoms with Crippen LogP contribution < -0.4 is 20.1 Å². The number of likely N-dealkylation sites (N-methyl/N-ethyl adjacent to an activating group) is 1. The number of carbonyl (C=O) groups is 2. The first-order valence-electron chi connectivity index (χ1n) is 13.3.